The summed E-state index contributed by atoms with van der Waals surface area (Å²) in [4.78, 5) is 4.70. The van der Waals surface area contributed by atoms with Gasteiger partial charge >= 0.3 is 0 Å². The normalized spacial score (nSPS) is 13.0. The molecule has 1 heterocycles. The second kappa shape index (κ2) is 5.75. The average Bonchev–Trinajstić information content (AvgIpc) is 2.70. The molecule has 2 aromatic rings. The Bertz CT molecular complexity index is 764. The largest absolute Gasteiger partial charge is 0.319 e. The van der Waals surface area contributed by atoms with Crippen molar-refractivity contribution in [3.8, 4) is 0 Å². The van der Waals surface area contributed by atoms with Crippen molar-refractivity contribution in [3.05, 3.63) is 18.2 Å². The van der Waals surface area contributed by atoms with Gasteiger partial charge in [0.2, 0.25) is 10.0 Å². The number of hydrogen-bond donors (Lipinski definition) is 1. The van der Waals surface area contributed by atoms with E-state index in [1.54, 1.807) is 30.0 Å². The lowest BCUT2D eigenvalue weighted by Gasteiger charge is -2.14. The number of nitrogens with zero attached hydrogens (tertiary/aromatic N) is 2. The molecule has 0 aliphatic rings. The molecule has 2 N–H and O–H groups in total. The van der Waals surface area contributed by atoms with Gasteiger partial charge in [0.25, 0.3) is 0 Å². The molecule has 0 unspecified atom stereocenters. The molecule has 0 atom stereocenters. The lowest BCUT2D eigenvalue weighted by atomic mass is 10.3. The molecule has 1 aromatic heterocycles. The Hall–Kier alpha value is -0.833. The monoisotopic (exact) mass is 343 g/mol. The van der Waals surface area contributed by atoms with Crippen molar-refractivity contribution < 1.29 is 8.42 Å². The van der Waals surface area contributed by atoms with Crippen molar-refractivity contribution in [3.63, 3.8) is 0 Å². The number of imidazole rings is 1. The standard InChI is InChI=1S/C13H21N3O2S2Si/c1-5-16-12-7-6-10(20(14,17)18)8-11(12)15-13(16)19-9-21(2,3)4/h6-8H,5,9H2,1-4H3,(H2,14,17,18). The fourth-order valence-electron chi connectivity index (χ4n) is 1.96. The second-order valence-electron chi connectivity index (χ2n) is 6.18. The molecule has 0 saturated carbocycles. The summed E-state index contributed by atoms with van der Waals surface area (Å²) in [6.45, 7) is 9.82. The van der Waals surface area contributed by atoms with Crippen LogP contribution in [-0.4, -0.2) is 31.4 Å². The molecular formula is C13H21N3O2S2Si. The molecule has 5 nitrogen and oxygen atoms in total. The summed E-state index contributed by atoms with van der Waals surface area (Å²) in [5, 5.41) is 7.21. The lowest BCUT2D eigenvalue weighted by Crippen LogP contribution is -2.24. The predicted molar refractivity (Wildman–Crippen MR) is 90.9 cm³/mol. The maximum atomic E-state index is 11.4. The Morgan fingerprint density at radius 1 is 1.33 bits per heavy atom. The van der Waals surface area contributed by atoms with Crippen molar-refractivity contribution in [2.45, 2.75) is 43.2 Å². The fourth-order valence-corrected chi connectivity index (χ4v) is 5.29. The zero-order valence-corrected chi connectivity index (χ0v) is 15.4. The number of fused-ring (bicyclic) bond motifs is 1. The molecule has 0 aliphatic carbocycles. The number of aryl methyl sites for hydroxylation is 1. The van der Waals surface area contributed by atoms with Gasteiger partial charge in [-0.15, -0.1) is 0 Å². The third-order valence-electron chi connectivity index (χ3n) is 2.96. The highest BCUT2D eigenvalue weighted by Crippen LogP contribution is 2.27. The Morgan fingerprint density at radius 3 is 2.52 bits per heavy atom. The minimum atomic E-state index is -3.69. The Balaban J connectivity index is 2.48. The second-order valence-corrected chi connectivity index (χ2v) is 14.7. The van der Waals surface area contributed by atoms with Crippen molar-refractivity contribution in [2.75, 3.05) is 5.38 Å². The summed E-state index contributed by atoms with van der Waals surface area (Å²) < 4.78 is 25.0. The smallest absolute Gasteiger partial charge is 0.238 e. The van der Waals surface area contributed by atoms with Crippen LogP contribution in [0.15, 0.2) is 28.3 Å². The number of rotatable bonds is 5. The van der Waals surface area contributed by atoms with Gasteiger partial charge in [0, 0.05) is 6.54 Å². The van der Waals surface area contributed by atoms with Gasteiger partial charge in [0.05, 0.1) is 24.0 Å². The minimum absolute atomic E-state index is 0.109. The van der Waals surface area contributed by atoms with E-state index in [9.17, 15) is 8.42 Å². The molecule has 0 amide bonds. The van der Waals surface area contributed by atoms with E-state index in [-0.39, 0.29) is 4.90 Å². The highest BCUT2D eigenvalue weighted by molar-refractivity contribution is 8.00. The Labute approximate surface area is 131 Å². The number of primary sulfonamides is 1. The number of nitrogens with two attached hydrogens (primary N) is 1. The summed E-state index contributed by atoms with van der Waals surface area (Å²) in [5.74, 6) is 0. The van der Waals surface area contributed by atoms with Gasteiger partial charge in [-0.25, -0.2) is 18.5 Å². The van der Waals surface area contributed by atoms with Crippen LogP contribution in [0.3, 0.4) is 0 Å². The van der Waals surface area contributed by atoms with Crippen LogP contribution in [0.2, 0.25) is 19.6 Å². The van der Waals surface area contributed by atoms with Crippen LogP contribution in [0.25, 0.3) is 11.0 Å². The Kier molecular flexibility index (Phi) is 4.53. The van der Waals surface area contributed by atoms with Gasteiger partial charge in [-0.3, -0.25) is 0 Å². The number of hydrogen-bond acceptors (Lipinski definition) is 4. The molecule has 2 rings (SSSR count). The van der Waals surface area contributed by atoms with Gasteiger partial charge < -0.3 is 4.57 Å². The van der Waals surface area contributed by atoms with Crippen molar-refractivity contribution in [1.82, 2.24) is 9.55 Å². The molecule has 0 aliphatic heterocycles. The fraction of sp³-hybridized carbons (Fsp3) is 0.462. The van der Waals surface area contributed by atoms with Gasteiger partial charge in [-0.1, -0.05) is 31.4 Å². The first kappa shape index (κ1) is 16.5. The summed E-state index contributed by atoms with van der Waals surface area (Å²) in [5.41, 5.74) is 1.63. The summed E-state index contributed by atoms with van der Waals surface area (Å²) in [6, 6.07) is 4.87. The predicted octanol–water partition coefficient (Wildman–Crippen LogP) is 2.67. The summed E-state index contributed by atoms with van der Waals surface area (Å²) >= 11 is 1.75. The molecule has 8 heteroatoms. The summed E-state index contributed by atoms with van der Waals surface area (Å²) in [6.07, 6.45) is 0. The van der Waals surface area contributed by atoms with Crippen LogP contribution < -0.4 is 5.14 Å². The van der Waals surface area contributed by atoms with E-state index in [0.717, 1.165) is 22.6 Å². The number of aromatic nitrogens is 2. The number of benzene rings is 1. The van der Waals surface area contributed by atoms with Crippen LogP contribution in [0.5, 0.6) is 0 Å². The maximum absolute atomic E-state index is 11.4. The molecule has 1 aromatic carbocycles. The van der Waals surface area contributed by atoms with E-state index in [4.69, 9.17) is 5.14 Å². The molecule has 0 spiro atoms. The van der Waals surface area contributed by atoms with Crippen molar-refractivity contribution in [2.24, 2.45) is 5.14 Å². The zero-order chi connectivity index (χ0) is 15.8. The molecule has 0 bridgehead atoms. The van der Waals surface area contributed by atoms with Crippen LogP contribution >= 0.6 is 11.8 Å². The molecule has 0 saturated heterocycles. The summed E-state index contributed by atoms with van der Waals surface area (Å²) in [7, 11) is -4.86. The van der Waals surface area contributed by atoms with Crippen molar-refractivity contribution >= 4 is 40.9 Å². The molecule has 21 heavy (non-hydrogen) atoms. The molecule has 0 radical (unpaired) electrons. The maximum Gasteiger partial charge on any atom is 0.238 e. The molecule has 0 fully saturated rings. The molecule has 116 valence electrons. The SMILES string of the molecule is CCn1c(SC[Si](C)(C)C)nc2cc(S(N)(=O)=O)ccc21. The topological polar surface area (TPSA) is 78.0 Å². The third kappa shape index (κ3) is 3.88. The van der Waals surface area contributed by atoms with Crippen LogP contribution in [0.4, 0.5) is 0 Å². The van der Waals surface area contributed by atoms with Gasteiger partial charge in [0.1, 0.15) is 0 Å². The van der Waals surface area contributed by atoms with Gasteiger partial charge in [0.15, 0.2) is 5.16 Å². The number of thioether (sulfide) groups is 1. The first-order valence-electron chi connectivity index (χ1n) is 6.78. The Morgan fingerprint density at radius 2 is 2.00 bits per heavy atom. The van der Waals surface area contributed by atoms with Crippen LogP contribution in [-0.2, 0) is 16.6 Å². The van der Waals surface area contributed by atoms with E-state index in [0.29, 0.717) is 5.52 Å². The lowest BCUT2D eigenvalue weighted by molar-refractivity contribution is 0.598. The first-order chi connectivity index (χ1) is 9.62. The van der Waals surface area contributed by atoms with E-state index in [1.165, 1.54) is 0 Å². The van der Waals surface area contributed by atoms with Crippen LogP contribution in [0, 0.1) is 0 Å². The van der Waals surface area contributed by atoms with E-state index >= 15 is 0 Å². The van der Waals surface area contributed by atoms with E-state index < -0.39 is 18.1 Å². The minimum Gasteiger partial charge on any atom is -0.319 e. The average molecular weight is 344 g/mol. The van der Waals surface area contributed by atoms with Gasteiger partial charge in [-0.05, 0) is 30.5 Å². The quantitative estimate of drug-likeness (QED) is 0.669. The molecular weight excluding hydrogens is 322 g/mol. The number of sulfonamides is 1. The highest BCUT2D eigenvalue weighted by Gasteiger charge is 2.18. The zero-order valence-electron chi connectivity index (χ0n) is 12.8. The third-order valence-corrected chi connectivity index (χ3v) is 8.49. The highest BCUT2D eigenvalue weighted by atomic mass is 32.2. The van der Waals surface area contributed by atoms with E-state index in [2.05, 4.69) is 36.1 Å². The van der Waals surface area contributed by atoms with Crippen molar-refractivity contribution in [1.29, 1.82) is 0 Å². The van der Waals surface area contributed by atoms with E-state index in [1.807, 2.05) is 0 Å². The van der Waals surface area contributed by atoms with Gasteiger partial charge in [-0.2, -0.15) is 0 Å². The van der Waals surface area contributed by atoms with Crippen LogP contribution in [0.1, 0.15) is 6.92 Å². The first-order valence-corrected chi connectivity index (χ1v) is 13.0.